The summed E-state index contributed by atoms with van der Waals surface area (Å²) in [6.45, 7) is 7.56. The Morgan fingerprint density at radius 1 is 1.60 bits per heavy atom. The molecule has 0 aromatic heterocycles. The van der Waals surface area contributed by atoms with Crippen molar-refractivity contribution in [3.63, 3.8) is 0 Å². The summed E-state index contributed by atoms with van der Waals surface area (Å²) in [5.74, 6) is 0. The minimum Gasteiger partial charge on any atom is -1.00 e. The molecule has 0 amide bonds. The Morgan fingerprint density at radius 3 is 2.40 bits per heavy atom. The molecule has 0 heterocycles. The van der Waals surface area contributed by atoms with Crippen molar-refractivity contribution in [2.75, 3.05) is 6.61 Å². The summed E-state index contributed by atoms with van der Waals surface area (Å²) in [5, 5.41) is 0. The number of hydrogen-bond acceptors (Lipinski definition) is 1. The van der Waals surface area contributed by atoms with Gasteiger partial charge in [0.25, 0.3) is 0 Å². The zero-order valence-corrected chi connectivity index (χ0v) is 11.2. The van der Waals surface area contributed by atoms with E-state index in [1.807, 2.05) is 0 Å². The average molecular weight is 237 g/mol. The summed E-state index contributed by atoms with van der Waals surface area (Å²) in [6, 6.07) is 0. The Morgan fingerprint density at radius 2 is 2.10 bits per heavy atom. The van der Waals surface area contributed by atoms with Gasteiger partial charge in [0.2, 0.25) is 0 Å². The van der Waals surface area contributed by atoms with Gasteiger partial charge in [0.15, 0.2) is 0 Å². The van der Waals surface area contributed by atoms with Crippen molar-refractivity contribution >= 4 is 47.8 Å². The molecule has 0 aliphatic heterocycles. The van der Waals surface area contributed by atoms with Crippen LogP contribution >= 0.6 is 15.9 Å². The Balaban J connectivity index is -0.000000107. The SMILES string of the molecule is CCCOC(Br)[SiH](C)C.[H-].[H-].[Mg+2]. The zero-order valence-electron chi connectivity index (χ0n) is 9.06. The molecule has 0 fully saturated rings. The van der Waals surface area contributed by atoms with E-state index >= 15 is 0 Å². The molecule has 1 unspecified atom stereocenters. The maximum Gasteiger partial charge on any atom is 2.00 e. The first kappa shape index (κ1) is 14.0. The van der Waals surface area contributed by atoms with Gasteiger partial charge in [-0.3, -0.25) is 0 Å². The van der Waals surface area contributed by atoms with E-state index in [0.717, 1.165) is 13.0 Å². The molecule has 1 atom stereocenters. The van der Waals surface area contributed by atoms with Gasteiger partial charge in [-0.25, -0.2) is 0 Å². The first-order chi connectivity index (χ1) is 4.18. The summed E-state index contributed by atoms with van der Waals surface area (Å²) >= 11 is 3.48. The third-order valence-corrected chi connectivity index (χ3v) is 5.68. The maximum atomic E-state index is 5.43. The summed E-state index contributed by atoms with van der Waals surface area (Å²) in [5.41, 5.74) is 0. The average Bonchev–Trinajstić information content (AvgIpc) is 1.82. The molecule has 10 heavy (non-hydrogen) atoms. The van der Waals surface area contributed by atoms with Gasteiger partial charge in [-0.05, 0) is 6.42 Å². The molecule has 0 aliphatic rings. The molecule has 0 spiro atoms. The summed E-state index contributed by atoms with van der Waals surface area (Å²) < 4.78 is 5.80. The van der Waals surface area contributed by atoms with E-state index < -0.39 is 8.80 Å². The molecule has 0 aromatic carbocycles. The fourth-order valence-corrected chi connectivity index (χ4v) is 1.13. The van der Waals surface area contributed by atoms with Crippen LogP contribution in [0.15, 0.2) is 0 Å². The third-order valence-electron chi connectivity index (χ3n) is 1.01. The van der Waals surface area contributed by atoms with Crippen molar-refractivity contribution in [1.82, 2.24) is 0 Å². The van der Waals surface area contributed by atoms with Crippen LogP contribution in [0.3, 0.4) is 0 Å². The van der Waals surface area contributed by atoms with Gasteiger partial charge >= 0.3 is 23.1 Å². The van der Waals surface area contributed by atoms with Gasteiger partial charge in [0, 0.05) is 6.61 Å². The summed E-state index contributed by atoms with van der Waals surface area (Å²) in [4.78, 5) is 0. The minimum atomic E-state index is -0.602. The fourth-order valence-electron chi connectivity index (χ4n) is 0.423. The number of ether oxygens (including phenoxy) is 1. The molecule has 0 saturated carbocycles. The molecular weight excluding hydrogens is 220 g/mol. The molecule has 60 valence electrons. The van der Waals surface area contributed by atoms with Crippen LogP contribution in [0.1, 0.15) is 16.2 Å². The first-order valence-electron chi connectivity index (χ1n) is 3.44. The van der Waals surface area contributed by atoms with Crippen LogP contribution in [0.2, 0.25) is 13.1 Å². The minimum absolute atomic E-state index is 0. The topological polar surface area (TPSA) is 9.23 Å². The first-order valence-corrected chi connectivity index (χ1v) is 7.33. The van der Waals surface area contributed by atoms with E-state index in [-0.39, 0.29) is 25.9 Å². The van der Waals surface area contributed by atoms with Crippen LogP contribution in [0.5, 0.6) is 0 Å². The van der Waals surface area contributed by atoms with E-state index in [2.05, 4.69) is 35.9 Å². The number of halogens is 1. The molecule has 0 N–H and O–H groups in total. The molecule has 0 radical (unpaired) electrons. The molecule has 1 nitrogen and oxygen atoms in total. The van der Waals surface area contributed by atoms with E-state index in [0.29, 0.717) is 4.64 Å². The van der Waals surface area contributed by atoms with Gasteiger partial charge in [-0.15, -0.1) is 0 Å². The van der Waals surface area contributed by atoms with Gasteiger partial charge in [0.05, 0.1) is 13.4 Å². The predicted molar refractivity (Wildman–Crippen MR) is 55.8 cm³/mol. The number of hydrogen-bond donors (Lipinski definition) is 0. The molecule has 0 bridgehead atoms. The molecule has 0 aliphatic carbocycles. The largest absolute Gasteiger partial charge is 2.00 e. The molecule has 4 heteroatoms. The van der Waals surface area contributed by atoms with Gasteiger partial charge < -0.3 is 7.59 Å². The van der Waals surface area contributed by atoms with Gasteiger partial charge in [-0.2, -0.15) is 0 Å². The number of alkyl halides is 1. The Hall–Kier alpha value is 1.42. The van der Waals surface area contributed by atoms with Crippen LogP contribution < -0.4 is 0 Å². The summed E-state index contributed by atoms with van der Waals surface area (Å²) in [7, 11) is -0.602. The van der Waals surface area contributed by atoms with E-state index in [1.54, 1.807) is 0 Å². The third kappa shape index (κ3) is 7.53. The van der Waals surface area contributed by atoms with Crippen molar-refractivity contribution in [2.24, 2.45) is 0 Å². The van der Waals surface area contributed by atoms with E-state index in [4.69, 9.17) is 4.74 Å². The van der Waals surface area contributed by atoms with Crippen molar-refractivity contribution < 1.29 is 7.59 Å². The Labute approximate surface area is 92.8 Å². The summed E-state index contributed by atoms with van der Waals surface area (Å²) in [6.07, 6.45) is 1.11. The van der Waals surface area contributed by atoms with Crippen molar-refractivity contribution in [1.29, 1.82) is 0 Å². The van der Waals surface area contributed by atoms with Crippen molar-refractivity contribution in [2.45, 2.75) is 31.1 Å². The second-order valence-corrected chi connectivity index (χ2v) is 7.44. The van der Waals surface area contributed by atoms with Gasteiger partial charge in [-0.1, -0.05) is 35.9 Å². The van der Waals surface area contributed by atoms with Crippen LogP contribution in [0.4, 0.5) is 0 Å². The van der Waals surface area contributed by atoms with Crippen LogP contribution in [0, 0.1) is 0 Å². The monoisotopic (exact) mass is 236 g/mol. The van der Waals surface area contributed by atoms with Gasteiger partial charge in [0.1, 0.15) is 0 Å². The maximum absolute atomic E-state index is 5.43. The van der Waals surface area contributed by atoms with Crippen molar-refractivity contribution in [3.05, 3.63) is 0 Å². The smallest absolute Gasteiger partial charge is 1.00 e. The van der Waals surface area contributed by atoms with E-state index in [1.165, 1.54) is 0 Å². The van der Waals surface area contributed by atoms with Crippen LogP contribution in [-0.2, 0) is 4.74 Å². The molecule has 0 rings (SSSR count). The Kier molecular flexibility index (Phi) is 11.9. The van der Waals surface area contributed by atoms with Crippen LogP contribution in [-0.4, -0.2) is 43.1 Å². The number of rotatable bonds is 4. The van der Waals surface area contributed by atoms with E-state index in [9.17, 15) is 0 Å². The quantitative estimate of drug-likeness (QED) is 0.537. The second kappa shape index (κ2) is 8.52. The normalized spacial score (nSPS) is 12.9. The second-order valence-electron chi connectivity index (χ2n) is 2.47. The molecule has 0 saturated heterocycles. The zero-order chi connectivity index (χ0) is 7.28. The Bertz CT molecular complexity index is 80.6. The predicted octanol–water partition coefficient (Wildman–Crippen LogP) is 2.00. The fraction of sp³-hybridized carbons (Fsp3) is 1.00. The standard InChI is InChI=1S/C6H15BrOSi.Mg.2H/c1-4-5-8-6(7)9(2)3;;;/h6,9H,4-5H2,1-3H3;;;/q;+2;2*-1. The van der Waals surface area contributed by atoms with Crippen molar-refractivity contribution in [3.8, 4) is 0 Å². The van der Waals surface area contributed by atoms with Crippen LogP contribution in [0.25, 0.3) is 0 Å². The molecule has 0 aromatic rings. The molecular formula is C6H17BrMgOSi.